The fourth-order valence-electron chi connectivity index (χ4n) is 2.93. The zero-order chi connectivity index (χ0) is 17.8. The number of aryl methyl sites for hydroxylation is 2. The summed E-state index contributed by atoms with van der Waals surface area (Å²) >= 11 is 1.49. The minimum absolute atomic E-state index is 0.141. The number of aldehydes is 1. The van der Waals surface area contributed by atoms with Gasteiger partial charge in [-0.1, -0.05) is 41.7 Å². The van der Waals surface area contributed by atoms with Gasteiger partial charge >= 0.3 is 0 Å². The molecule has 5 heteroatoms. The van der Waals surface area contributed by atoms with E-state index in [9.17, 15) is 9.59 Å². The lowest BCUT2D eigenvalue weighted by atomic mass is 10.1. The van der Waals surface area contributed by atoms with Crippen molar-refractivity contribution in [2.45, 2.75) is 26.7 Å². The molecule has 0 spiro atoms. The maximum atomic E-state index is 12.1. The molecule has 0 fully saturated rings. The monoisotopic (exact) mass is 352 g/mol. The third-order valence-electron chi connectivity index (χ3n) is 4.10. The number of carbonyl (C=O) groups is 2. The van der Waals surface area contributed by atoms with Gasteiger partial charge in [0.1, 0.15) is 9.83 Å². The van der Waals surface area contributed by atoms with Crippen LogP contribution >= 0.6 is 11.3 Å². The number of hydrogen-bond acceptors (Lipinski definition) is 5. The Kier molecular flexibility index (Phi) is 5.24. The molecule has 2 heterocycles. The molecule has 4 nitrogen and oxygen atoms in total. The lowest BCUT2D eigenvalue weighted by Gasteiger charge is -2.05. The second kappa shape index (κ2) is 7.57. The molecule has 3 rings (SSSR count). The number of nitrogens with zero attached hydrogens (tertiary/aromatic N) is 1. The molecule has 0 aliphatic carbocycles. The number of nitrogens with one attached hydrogen (secondary N) is 1. The zero-order valence-electron chi connectivity index (χ0n) is 14.3. The van der Waals surface area contributed by atoms with Crippen molar-refractivity contribution in [3.05, 3.63) is 58.8 Å². The van der Waals surface area contributed by atoms with Gasteiger partial charge in [0.05, 0.1) is 5.56 Å². The first-order valence-electron chi connectivity index (χ1n) is 8.28. The highest BCUT2D eigenvalue weighted by atomic mass is 32.1. The molecular weight excluding hydrogens is 332 g/mol. The molecule has 0 bridgehead atoms. The first-order valence-corrected chi connectivity index (χ1v) is 9.10. The highest BCUT2D eigenvalue weighted by Gasteiger charge is 2.15. The Morgan fingerprint density at radius 2 is 2.00 bits per heavy atom. The van der Waals surface area contributed by atoms with Gasteiger partial charge in [-0.3, -0.25) is 9.59 Å². The van der Waals surface area contributed by atoms with E-state index in [4.69, 9.17) is 0 Å². The van der Waals surface area contributed by atoms with Crippen molar-refractivity contribution in [3.8, 4) is 0 Å². The van der Waals surface area contributed by atoms with Gasteiger partial charge in [-0.25, -0.2) is 4.98 Å². The number of anilines is 1. The van der Waals surface area contributed by atoms with Crippen molar-refractivity contribution in [2.24, 2.45) is 0 Å². The summed E-state index contributed by atoms with van der Waals surface area (Å²) in [6, 6.07) is 11.3. The maximum Gasteiger partial charge on any atom is 0.162 e. The summed E-state index contributed by atoms with van der Waals surface area (Å²) in [7, 11) is 0. The smallest absolute Gasteiger partial charge is 0.162 e. The van der Waals surface area contributed by atoms with Crippen LogP contribution in [-0.2, 0) is 0 Å². The number of aromatic nitrogens is 1. The highest BCUT2D eigenvalue weighted by molar-refractivity contribution is 7.23. The summed E-state index contributed by atoms with van der Waals surface area (Å²) in [4.78, 5) is 29.1. The van der Waals surface area contributed by atoms with E-state index in [1.54, 1.807) is 0 Å². The molecule has 0 aliphatic rings. The Morgan fingerprint density at radius 1 is 1.24 bits per heavy atom. The molecule has 0 atom stereocenters. The SMILES string of the molecule is Cc1cc(C)c2c(C=O)c(NCCCC(=O)c3ccccc3)sc2n1. The molecule has 0 aliphatic heterocycles. The van der Waals surface area contributed by atoms with Crippen LogP contribution < -0.4 is 5.32 Å². The summed E-state index contributed by atoms with van der Waals surface area (Å²) in [5.41, 5.74) is 3.42. The second-order valence-electron chi connectivity index (χ2n) is 6.04. The van der Waals surface area contributed by atoms with Crippen molar-refractivity contribution in [2.75, 3.05) is 11.9 Å². The number of carbonyl (C=O) groups excluding carboxylic acids is 2. The van der Waals surface area contributed by atoms with Gasteiger partial charge in [-0.2, -0.15) is 0 Å². The molecule has 1 N–H and O–H groups in total. The van der Waals surface area contributed by atoms with E-state index in [0.717, 1.165) is 38.3 Å². The molecule has 0 radical (unpaired) electrons. The van der Waals surface area contributed by atoms with Crippen molar-refractivity contribution in [1.82, 2.24) is 4.98 Å². The van der Waals surface area contributed by atoms with Crippen LogP contribution in [0.3, 0.4) is 0 Å². The minimum atomic E-state index is 0.141. The van der Waals surface area contributed by atoms with Gasteiger partial charge in [0.2, 0.25) is 0 Å². The van der Waals surface area contributed by atoms with Crippen molar-refractivity contribution < 1.29 is 9.59 Å². The van der Waals surface area contributed by atoms with Crippen LogP contribution in [0.15, 0.2) is 36.4 Å². The maximum absolute atomic E-state index is 12.1. The lowest BCUT2D eigenvalue weighted by molar-refractivity contribution is 0.0980. The summed E-state index contributed by atoms with van der Waals surface area (Å²) in [6.07, 6.45) is 2.08. The van der Waals surface area contributed by atoms with Gasteiger partial charge < -0.3 is 5.32 Å². The first kappa shape index (κ1) is 17.3. The van der Waals surface area contributed by atoms with Crippen molar-refractivity contribution in [3.63, 3.8) is 0 Å². The van der Waals surface area contributed by atoms with Crippen LogP contribution in [0.5, 0.6) is 0 Å². The van der Waals surface area contributed by atoms with Gasteiger partial charge in [0.25, 0.3) is 0 Å². The Hall–Kier alpha value is -2.53. The molecule has 0 saturated heterocycles. The van der Waals surface area contributed by atoms with Crippen LogP contribution in [0.1, 0.15) is 44.8 Å². The topological polar surface area (TPSA) is 59.1 Å². The number of rotatable bonds is 7. The third kappa shape index (κ3) is 3.77. The molecule has 0 unspecified atom stereocenters. The third-order valence-corrected chi connectivity index (χ3v) is 5.16. The summed E-state index contributed by atoms with van der Waals surface area (Å²) < 4.78 is 0. The Bertz CT molecular complexity index is 916. The molecule has 25 heavy (non-hydrogen) atoms. The van der Waals surface area contributed by atoms with Gasteiger partial charge in [-0.15, -0.1) is 0 Å². The minimum Gasteiger partial charge on any atom is -0.376 e. The molecule has 0 saturated carbocycles. The summed E-state index contributed by atoms with van der Waals surface area (Å²) in [6.45, 7) is 4.60. The first-order chi connectivity index (χ1) is 12.1. The van der Waals surface area contributed by atoms with E-state index < -0.39 is 0 Å². The van der Waals surface area contributed by atoms with Crippen LogP contribution in [0, 0.1) is 13.8 Å². The summed E-state index contributed by atoms with van der Waals surface area (Å²) in [5.74, 6) is 0.141. The zero-order valence-corrected chi connectivity index (χ0v) is 15.2. The van der Waals surface area contributed by atoms with E-state index in [-0.39, 0.29) is 5.78 Å². The number of ketones is 1. The molecule has 3 aromatic rings. The number of thiophene rings is 1. The predicted octanol–water partition coefficient (Wildman–Crippen LogP) is 4.80. The van der Waals surface area contributed by atoms with Gasteiger partial charge in [-0.05, 0) is 31.9 Å². The number of pyridine rings is 1. The van der Waals surface area contributed by atoms with E-state index in [0.29, 0.717) is 24.9 Å². The normalized spacial score (nSPS) is 10.8. The van der Waals surface area contributed by atoms with Crippen molar-refractivity contribution >= 4 is 38.6 Å². The van der Waals surface area contributed by atoms with Gasteiger partial charge in [0, 0.05) is 29.6 Å². The second-order valence-corrected chi connectivity index (χ2v) is 7.04. The Morgan fingerprint density at radius 3 is 2.72 bits per heavy atom. The molecule has 0 amide bonds. The predicted molar refractivity (Wildman–Crippen MR) is 103 cm³/mol. The van der Waals surface area contributed by atoms with Crippen LogP contribution in [0.25, 0.3) is 10.2 Å². The highest BCUT2D eigenvalue weighted by Crippen LogP contribution is 2.35. The van der Waals surface area contributed by atoms with E-state index >= 15 is 0 Å². The number of benzene rings is 1. The fraction of sp³-hybridized carbons (Fsp3) is 0.250. The Labute approximate surface area is 150 Å². The average molecular weight is 352 g/mol. The fourth-order valence-corrected chi connectivity index (χ4v) is 4.12. The van der Waals surface area contributed by atoms with Crippen LogP contribution in [0.4, 0.5) is 5.00 Å². The molecule has 1 aromatic carbocycles. The number of hydrogen-bond donors (Lipinski definition) is 1. The molecule has 2 aromatic heterocycles. The van der Waals surface area contributed by atoms with Gasteiger partial charge in [0.15, 0.2) is 12.1 Å². The lowest BCUT2D eigenvalue weighted by Crippen LogP contribution is -2.06. The quantitative estimate of drug-likeness (QED) is 0.377. The Balaban J connectivity index is 1.66. The molecule has 128 valence electrons. The van der Waals surface area contributed by atoms with Crippen molar-refractivity contribution in [1.29, 1.82) is 0 Å². The van der Waals surface area contributed by atoms with E-state index in [2.05, 4.69) is 10.3 Å². The average Bonchev–Trinajstić information content (AvgIpc) is 2.96. The van der Waals surface area contributed by atoms with Crippen LogP contribution in [0.2, 0.25) is 0 Å². The largest absolute Gasteiger partial charge is 0.376 e. The van der Waals surface area contributed by atoms with E-state index in [1.165, 1.54) is 11.3 Å². The van der Waals surface area contributed by atoms with E-state index in [1.807, 2.05) is 50.2 Å². The standard InChI is InChI=1S/C20H20N2O2S/c1-13-11-14(2)22-20-18(13)16(12-23)19(25-20)21-10-6-9-17(24)15-7-4-3-5-8-15/h3-5,7-8,11-12,21H,6,9-10H2,1-2H3. The summed E-state index contributed by atoms with van der Waals surface area (Å²) in [5, 5.41) is 5.06. The number of Topliss-reactive ketones (excluding diaryl/α,β-unsaturated/α-hetero) is 1. The number of fused-ring (bicyclic) bond motifs is 1. The van der Waals surface area contributed by atoms with Crippen LogP contribution in [-0.4, -0.2) is 23.6 Å². The molecular formula is C20H20N2O2S.